The molecule has 0 aliphatic carbocycles. The number of ether oxygens (including phenoxy) is 1. The van der Waals surface area contributed by atoms with Crippen LogP contribution in [0.3, 0.4) is 0 Å². The molecule has 1 aromatic carbocycles. The number of anilines is 1. The van der Waals surface area contributed by atoms with E-state index in [4.69, 9.17) is 10.5 Å². The molecule has 1 heterocycles. The first-order chi connectivity index (χ1) is 7.69. The van der Waals surface area contributed by atoms with E-state index >= 15 is 0 Å². The van der Waals surface area contributed by atoms with Gasteiger partial charge in [-0.25, -0.2) is 9.67 Å². The van der Waals surface area contributed by atoms with Crippen molar-refractivity contribution in [2.24, 2.45) is 0 Å². The van der Waals surface area contributed by atoms with Gasteiger partial charge in [-0.1, -0.05) is 15.9 Å². The number of methoxy groups -OCH3 is 1. The largest absolute Gasteiger partial charge is 0.497 e. The van der Waals surface area contributed by atoms with Crippen molar-refractivity contribution < 1.29 is 4.74 Å². The molecule has 0 aliphatic rings. The van der Waals surface area contributed by atoms with Gasteiger partial charge in [-0.3, -0.25) is 0 Å². The average Bonchev–Trinajstić information content (AvgIpc) is 2.67. The zero-order valence-electron chi connectivity index (χ0n) is 8.72. The molecule has 1 aromatic heterocycles. The van der Waals surface area contributed by atoms with Gasteiger partial charge in [0.05, 0.1) is 13.7 Å². The SMILES string of the molecule is COc1ccc(Br)c(Cn2cnc(N)n2)c1. The Labute approximate surface area is 101 Å². The van der Waals surface area contributed by atoms with E-state index < -0.39 is 0 Å². The second-order valence-corrected chi connectivity index (χ2v) is 4.11. The second kappa shape index (κ2) is 4.52. The molecule has 0 saturated carbocycles. The summed E-state index contributed by atoms with van der Waals surface area (Å²) in [5.74, 6) is 1.09. The predicted octanol–water partition coefficient (Wildman–Crippen LogP) is 1.68. The number of nitrogen functional groups attached to an aromatic ring is 1. The van der Waals surface area contributed by atoms with E-state index in [0.29, 0.717) is 6.54 Å². The molecule has 5 nitrogen and oxygen atoms in total. The van der Waals surface area contributed by atoms with E-state index in [1.807, 2.05) is 18.2 Å². The molecule has 2 rings (SSSR count). The fourth-order valence-electron chi connectivity index (χ4n) is 1.36. The molecule has 84 valence electrons. The minimum Gasteiger partial charge on any atom is -0.497 e. The minimum absolute atomic E-state index is 0.277. The summed E-state index contributed by atoms with van der Waals surface area (Å²) in [6.07, 6.45) is 1.60. The van der Waals surface area contributed by atoms with Gasteiger partial charge in [0.1, 0.15) is 12.1 Å². The molecule has 0 spiro atoms. The van der Waals surface area contributed by atoms with Crippen molar-refractivity contribution in [2.45, 2.75) is 6.54 Å². The molecular formula is C10H11BrN4O. The van der Waals surface area contributed by atoms with Gasteiger partial charge in [0.25, 0.3) is 0 Å². The molecule has 0 radical (unpaired) electrons. The van der Waals surface area contributed by atoms with Crippen LogP contribution in [0, 0.1) is 0 Å². The number of rotatable bonds is 3. The molecule has 0 saturated heterocycles. The molecule has 2 aromatic rings. The van der Waals surface area contributed by atoms with Gasteiger partial charge in [0.2, 0.25) is 5.95 Å². The van der Waals surface area contributed by atoms with Crippen LogP contribution in [0.15, 0.2) is 29.0 Å². The summed E-state index contributed by atoms with van der Waals surface area (Å²) >= 11 is 3.48. The van der Waals surface area contributed by atoms with Gasteiger partial charge in [0.15, 0.2) is 0 Å². The third kappa shape index (κ3) is 2.33. The molecule has 16 heavy (non-hydrogen) atoms. The summed E-state index contributed by atoms with van der Waals surface area (Å²) in [6, 6.07) is 5.78. The lowest BCUT2D eigenvalue weighted by Gasteiger charge is -2.06. The van der Waals surface area contributed by atoms with E-state index in [1.165, 1.54) is 0 Å². The number of hydrogen-bond donors (Lipinski definition) is 1. The van der Waals surface area contributed by atoms with E-state index in [0.717, 1.165) is 15.8 Å². The molecule has 0 fully saturated rings. The number of benzene rings is 1. The first kappa shape index (κ1) is 10.9. The van der Waals surface area contributed by atoms with Gasteiger partial charge < -0.3 is 10.5 Å². The van der Waals surface area contributed by atoms with Crippen molar-refractivity contribution in [1.29, 1.82) is 0 Å². The van der Waals surface area contributed by atoms with E-state index in [1.54, 1.807) is 18.1 Å². The summed E-state index contributed by atoms with van der Waals surface area (Å²) in [5.41, 5.74) is 6.51. The van der Waals surface area contributed by atoms with Crippen molar-refractivity contribution in [3.63, 3.8) is 0 Å². The predicted molar refractivity (Wildman–Crippen MR) is 64.2 cm³/mol. The Hall–Kier alpha value is -1.56. The molecule has 6 heteroatoms. The minimum atomic E-state index is 0.277. The van der Waals surface area contributed by atoms with Gasteiger partial charge >= 0.3 is 0 Å². The Morgan fingerprint density at radius 3 is 2.94 bits per heavy atom. The summed E-state index contributed by atoms with van der Waals surface area (Å²) < 4.78 is 7.84. The van der Waals surface area contributed by atoms with Gasteiger partial charge in [-0.05, 0) is 23.8 Å². The monoisotopic (exact) mass is 282 g/mol. The Morgan fingerprint density at radius 2 is 2.31 bits per heavy atom. The maximum atomic E-state index is 5.45. The first-order valence-electron chi connectivity index (χ1n) is 4.66. The third-order valence-electron chi connectivity index (χ3n) is 2.14. The Bertz CT molecular complexity index is 497. The van der Waals surface area contributed by atoms with Crippen LogP contribution in [0.1, 0.15) is 5.56 Å². The number of nitrogens with zero attached hydrogens (tertiary/aromatic N) is 3. The highest BCUT2D eigenvalue weighted by atomic mass is 79.9. The van der Waals surface area contributed by atoms with Gasteiger partial charge in [0, 0.05) is 4.47 Å². The summed E-state index contributed by atoms with van der Waals surface area (Å²) in [6.45, 7) is 0.599. The van der Waals surface area contributed by atoms with Crippen LogP contribution in [0.25, 0.3) is 0 Å². The maximum absolute atomic E-state index is 5.45. The highest BCUT2D eigenvalue weighted by Crippen LogP contribution is 2.23. The normalized spacial score (nSPS) is 10.4. The summed E-state index contributed by atoms with van der Waals surface area (Å²) in [7, 11) is 1.64. The van der Waals surface area contributed by atoms with Crippen LogP contribution >= 0.6 is 15.9 Å². The zero-order chi connectivity index (χ0) is 11.5. The van der Waals surface area contributed by atoms with Crippen LogP contribution in [-0.2, 0) is 6.54 Å². The van der Waals surface area contributed by atoms with E-state index in [2.05, 4.69) is 26.0 Å². The third-order valence-corrected chi connectivity index (χ3v) is 2.91. The molecule has 0 bridgehead atoms. The van der Waals surface area contributed by atoms with E-state index in [9.17, 15) is 0 Å². The standard InChI is InChI=1S/C10H11BrN4O/c1-16-8-2-3-9(11)7(4-8)5-15-6-13-10(12)14-15/h2-4,6H,5H2,1H3,(H2,12,14). The highest BCUT2D eigenvalue weighted by Gasteiger charge is 2.04. The Kier molecular flexibility index (Phi) is 3.09. The molecule has 2 N–H and O–H groups in total. The lowest BCUT2D eigenvalue weighted by molar-refractivity contribution is 0.414. The molecule has 0 atom stereocenters. The Balaban J connectivity index is 2.26. The van der Waals surface area contributed by atoms with Crippen molar-refractivity contribution in [1.82, 2.24) is 14.8 Å². The van der Waals surface area contributed by atoms with Crippen LogP contribution in [0.4, 0.5) is 5.95 Å². The van der Waals surface area contributed by atoms with Crippen molar-refractivity contribution in [3.8, 4) is 5.75 Å². The quantitative estimate of drug-likeness (QED) is 0.930. The van der Waals surface area contributed by atoms with Crippen LogP contribution in [0.5, 0.6) is 5.75 Å². The summed E-state index contributed by atoms with van der Waals surface area (Å²) in [5, 5.41) is 4.02. The van der Waals surface area contributed by atoms with Gasteiger partial charge in [-0.2, -0.15) is 0 Å². The summed E-state index contributed by atoms with van der Waals surface area (Å²) in [4.78, 5) is 3.87. The first-order valence-corrected chi connectivity index (χ1v) is 5.45. The van der Waals surface area contributed by atoms with Crippen LogP contribution in [0.2, 0.25) is 0 Å². The van der Waals surface area contributed by atoms with E-state index in [-0.39, 0.29) is 5.95 Å². The lowest BCUT2D eigenvalue weighted by atomic mass is 10.2. The molecule has 0 aliphatic heterocycles. The lowest BCUT2D eigenvalue weighted by Crippen LogP contribution is -2.02. The molecule has 0 unspecified atom stereocenters. The van der Waals surface area contributed by atoms with Crippen LogP contribution in [-0.4, -0.2) is 21.9 Å². The number of nitrogens with two attached hydrogens (primary N) is 1. The fraction of sp³-hybridized carbons (Fsp3) is 0.200. The number of hydrogen-bond acceptors (Lipinski definition) is 4. The molecular weight excluding hydrogens is 272 g/mol. The molecule has 0 amide bonds. The maximum Gasteiger partial charge on any atom is 0.239 e. The second-order valence-electron chi connectivity index (χ2n) is 3.26. The van der Waals surface area contributed by atoms with Gasteiger partial charge in [-0.15, -0.1) is 5.10 Å². The smallest absolute Gasteiger partial charge is 0.239 e. The van der Waals surface area contributed by atoms with Crippen molar-refractivity contribution in [3.05, 3.63) is 34.6 Å². The van der Waals surface area contributed by atoms with Crippen LogP contribution < -0.4 is 10.5 Å². The number of halogens is 1. The number of aromatic nitrogens is 3. The topological polar surface area (TPSA) is 66.0 Å². The average molecular weight is 283 g/mol. The zero-order valence-corrected chi connectivity index (χ0v) is 10.3. The highest BCUT2D eigenvalue weighted by molar-refractivity contribution is 9.10. The fourth-order valence-corrected chi connectivity index (χ4v) is 1.73. The van der Waals surface area contributed by atoms with Crippen molar-refractivity contribution in [2.75, 3.05) is 12.8 Å². The Morgan fingerprint density at radius 1 is 1.50 bits per heavy atom. The van der Waals surface area contributed by atoms with Crippen molar-refractivity contribution >= 4 is 21.9 Å².